The maximum Gasteiger partial charge on any atom is 0.224 e. The van der Waals surface area contributed by atoms with Gasteiger partial charge in [-0.15, -0.1) is 0 Å². The van der Waals surface area contributed by atoms with Crippen LogP contribution in [0.2, 0.25) is 5.02 Å². The Labute approximate surface area is 177 Å². The van der Waals surface area contributed by atoms with Crippen LogP contribution in [0, 0.1) is 0 Å². The fourth-order valence-corrected chi connectivity index (χ4v) is 3.72. The van der Waals surface area contributed by atoms with Gasteiger partial charge >= 0.3 is 0 Å². The van der Waals surface area contributed by atoms with Crippen molar-refractivity contribution in [3.05, 3.63) is 47.0 Å². The van der Waals surface area contributed by atoms with E-state index in [1.807, 2.05) is 36.4 Å². The predicted octanol–water partition coefficient (Wildman–Crippen LogP) is 3.68. The van der Waals surface area contributed by atoms with Gasteiger partial charge in [0.15, 0.2) is 11.5 Å². The number of carbonyl (C=O) groups excluding carboxylic acids is 1. The van der Waals surface area contributed by atoms with Crippen LogP contribution in [0.5, 0.6) is 11.5 Å². The Kier molecular flexibility index (Phi) is 7.23. The molecule has 0 aromatic heterocycles. The van der Waals surface area contributed by atoms with Crippen molar-refractivity contribution < 1.29 is 14.3 Å². The molecule has 156 valence electrons. The van der Waals surface area contributed by atoms with Gasteiger partial charge in [0.05, 0.1) is 25.6 Å². The lowest BCUT2D eigenvalue weighted by Crippen LogP contribution is -2.44. The number of piperazine rings is 1. The predicted molar refractivity (Wildman–Crippen MR) is 118 cm³/mol. The first kappa shape index (κ1) is 21.3. The topological polar surface area (TPSA) is 54.0 Å². The number of nitrogens with one attached hydrogen (secondary N) is 1. The van der Waals surface area contributed by atoms with E-state index in [0.29, 0.717) is 29.4 Å². The lowest BCUT2D eigenvalue weighted by Gasteiger charge is -2.35. The first-order chi connectivity index (χ1) is 14.0. The molecule has 0 spiro atoms. The summed E-state index contributed by atoms with van der Waals surface area (Å²) in [5.41, 5.74) is 2.70. The van der Waals surface area contributed by atoms with Gasteiger partial charge in [-0.1, -0.05) is 23.7 Å². The SMILES string of the molecule is COc1cccc(CCC(=O)Nc2cc(Cl)ccc2N2CCN(C)CC2)c1OC. The van der Waals surface area contributed by atoms with Gasteiger partial charge in [-0.3, -0.25) is 4.79 Å². The van der Waals surface area contributed by atoms with Crippen LogP contribution in [0.4, 0.5) is 11.4 Å². The maximum atomic E-state index is 12.7. The summed E-state index contributed by atoms with van der Waals surface area (Å²) >= 11 is 6.20. The summed E-state index contributed by atoms with van der Waals surface area (Å²) in [5, 5.41) is 3.65. The molecular weight excluding hydrogens is 390 g/mol. The molecule has 1 aliphatic heterocycles. The molecule has 29 heavy (non-hydrogen) atoms. The summed E-state index contributed by atoms with van der Waals surface area (Å²) in [5.74, 6) is 1.27. The third kappa shape index (κ3) is 5.34. The fraction of sp³-hybridized carbons (Fsp3) is 0.409. The van der Waals surface area contributed by atoms with Gasteiger partial charge in [-0.25, -0.2) is 0 Å². The van der Waals surface area contributed by atoms with E-state index >= 15 is 0 Å². The molecule has 1 heterocycles. The summed E-state index contributed by atoms with van der Waals surface area (Å²) in [6.07, 6.45) is 0.884. The van der Waals surface area contributed by atoms with Crippen LogP contribution in [0.25, 0.3) is 0 Å². The van der Waals surface area contributed by atoms with Gasteiger partial charge in [0.25, 0.3) is 0 Å². The summed E-state index contributed by atoms with van der Waals surface area (Å²) < 4.78 is 10.8. The number of aryl methyl sites for hydroxylation is 1. The number of hydrogen-bond acceptors (Lipinski definition) is 5. The van der Waals surface area contributed by atoms with Gasteiger partial charge < -0.3 is 24.6 Å². The molecular formula is C22H28ClN3O3. The maximum absolute atomic E-state index is 12.7. The lowest BCUT2D eigenvalue weighted by atomic mass is 10.1. The van der Waals surface area contributed by atoms with Gasteiger partial charge in [-0.05, 0) is 43.3 Å². The van der Waals surface area contributed by atoms with Crippen LogP contribution in [-0.2, 0) is 11.2 Å². The molecule has 0 radical (unpaired) electrons. The minimum absolute atomic E-state index is 0.0625. The average molecular weight is 418 g/mol. The number of carbonyl (C=O) groups is 1. The van der Waals surface area contributed by atoms with Gasteiger partial charge in [-0.2, -0.15) is 0 Å². The molecule has 0 atom stereocenters. The zero-order chi connectivity index (χ0) is 20.8. The number of hydrogen-bond donors (Lipinski definition) is 1. The van der Waals surface area contributed by atoms with E-state index < -0.39 is 0 Å². The van der Waals surface area contributed by atoms with Gasteiger partial charge in [0, 0.05) is 37.6 Å². The van der Waals surface area contributed by atoms with E-state index in [0.717, 1.165) is 43.1 Å². The van der Waals surface area contributed by atoms with Crippen LogP contribution >= 0.6 is 11.6 Å². The summed E-state index contributed by atoms with van der Waals surface area (Å²) in [7, 11) is 5.33. The Morgan fingerprint density at radius 1 is 1.10 bits per heavy atom. The Morgan fingerprint density at radius 3 is 2.55 bits per heavy atom. The second kappa shape index (κ2) is 9.85. The van der Waals surface area contributed by atoms with E-state index in [4.69, 9.17) is 21.1 Å². The van der Waals surface area contributed by atoms with Gasteiger partial charge in [0.2, 0.25) is 5.91 Å². The Bertz CT molecular complexity index is 851. The van der Waals surface area contributed by atoms with Crippen molar-refractivity contribution in [2.75, 3.05) is 57.7 Å². The number of halogens is 1. The van der Waals surface area contributed by atoms with E-state index in [1.54, 1.807) is 14.2 Å². The van der Waals surface area contributed by atoms with E-state index in [-0.39, 0.29) is 5.91 Å². The highest BCUT2D eigenvalue weighted by molar-refractivity contribution is 6.31. The fourth-order valence-electron chi connectivity index (χ4n) is 3.54. The first-order valence-electron chi connectivity index (χ1n) is 9.74. The molecule has 2 aromatic carbocycles. The molecule has 0 saturated carbocycles. The largest absolute Gasteiger partial charge is 0.493 e. The molecule has 1 saturated heterocycles. The Balaban J connectivity index is 1.69. The molecule has 1 fully saturated rings. The third-order valence-electron chi connectivity index (χ3n) is 5.18. The lowest BCUT2D eigenvalue weighted by molar-refractivity contribution is -0.116. The van der Waals surface area contributed by atoms with Crippen LogP contribution in [0.3, 0.4) is 0 Å². The summed E-state index contributed by atoms with van der Waals surface area (Å²) in [6, 6.07) is 11.4. The van der Waals surface area contributed by atoms with Crippen molar-refractivity contribution in [3.63, 3.8) is 0 Å². The number of anilines is 2. The number of nitrogens with zero attached hydrogens (tertiary/aromatic N) is 2. The molecule has 2 aromatic rings. The number of amides is 1. The monoisotopic (exact) mass is 417 g/mol. The molecule has 0 bridgehead atoms. The molecule has 1 N–H and O–H groups in total. The average Bonchev–Trinajstić information content (AvgIpc) is 2.72. The van der Waals surface area contributed by atoms with Crippen molar-refractivity contribution in [1.29, 1.82) is 0 Å². The van der Waals surface area contributed by atoms with Crippen LogP contribution in [0.1, 0.15) is 12.0 Å². The van der Waals surface area contributed by atoms with Crippen molar-refractivity contribution in [2.45, 2.75) is 12.8 Å². The molecule has 3 rings (SSSR count). The summed E-state index contributed by atoms with van der Waals surface area (Å²) in [4.78, 5) is 17.3. The van der Waals surface area contributed by atoms with Crippen molar-refractivity contribution in [2.24, 2.45) is 0 Å². The minimum Gasteiger partial charge on any atom is -0.493 e. The number of methoxy groups -OCH3 is 2. The molecule has 1 amide bonds. The molecule has 1 aliphatic rings. The smallest absolute Gasteiger partial charge is 0.224 e. The molecule has 0 aliphatic carbocycles. The van der Waals surface area contributed by atoms with Gasteiger partial charge in [0.1, 0.15) is 0 Å². The van der Waals surface area contributed by atoms with Crippen LogP contribution < -0.4 is 19.7 Å². The second-order valence-electron chi connectivity index (χ2n) is 7.15. The molecule has 6 nitrogen and oxygen atoms in total. The first-order valence-corrected chi connectivity index (χ1v) is 10.1. The quantitative estimate of drug-likeness (QED) is 0.744. The third-order valence-corrected chi connectivity index (χ3v) is 5.42. The highest BCUT2D eigenvalue weighted by atomic mass is 35.5. The second-order valence-corrected chi connectivity index (χ2v) is 7.59. The van der Waals surface area contributed by atoms with Crippen molar-refractivity contribution >= 4 is 28.9 Å². The molecule has 0 unspecified atom stereocenters. The zero-order valence-electron chi connectivity index (χ0n) is 17.2. The molecule has 7 heteroatoms. The zero-order valence-corrected chi connectivity index (χ0v) is 18.0. The minimum atomic E-state index is -0.0625. The summed E-state index contributed by atoms with van der Waals surface area (Å²) in [6.45, 7) is 3.82. The standard InChI is InChI=1S/C22H28ClN3O3/c1-25-11-13-26(14-12-25)19-9-8-17(23)15-18(19)24-21(27)10-7-16-5-4-6-20(28-2)22(16)29-3/h4-6,8-9,15H,7,10-14H2,1-3H3,(H,24,27). The number of ether oxygens (including phenoxy) is 2. The Morgan fingerprint density at radius 2 is 1.86 bits per heavy atom. The van der Waals surface area contributed by atoms with Crippen LogP contribution in [-0.4, -0.2) is 58.3 Å². The number of para-hydroxylation sites is 1. The number of benzene rings is 2. The normalized spacial score (nSPS) is 14.6. The Hall–Kier alpha value is -2.44. The number of likely N-dealkylation sites (N-methyl/N-ethyl adjacent to an activating group) is 1. The van der Waals surface area contributed by atoms with Crippen LogP contribution in [0.15, 0.2) is 36.4 Å². The highest BCUT2D eigenvalue weighted by Crippen LogP contribution is 2.32. The van der Waals surface area contributed by atoms with Crippen molar-refractivity contribution in [1.82, 2.24) is 4.90 Å². The van der Waals surface area contributed by atoms with E-state index in [2.05, 4.69) is 22.2 Å². The van der Waals surface area contributed by atoms with Crippen molar-refractivity contribution in [3.8, 4) is 11.5 Å². The highest BCUT2D eigenvalue weighted by Gasteiger charge is 2.19. The van der Waals surface area contributed by atoms with E-state index in [1.165, 1.54) is 0 Å². The number of rotatable bonds is 7. The van der Waals surface area contributed by atoms with E-state index in [9.17, 15) is 4.79 Å².